The van der Waals surface area contributed by atoms with Crippen LogP contribution in [0, 0.1) is 13.8 Å². The van der Waals surface area contributed by atoms with Crippen LogP contribution in [0.2, 0.25) is 0 Å². The molecule has 0 aliphatic carbocycles. The Kier molecular flexibility index (Phi) is 4.94. The smallest absolute Gasteiger partial charge is 0.234 e. The van der Waals surface area contributed by atoms with E-state index in [0.717, 1.165) is 6.54 Å². The molecule has 1 aromatic carbocycles. The van der Waals surface area contributed by atoms with Gasteiger partial charge in [0.2, 0.25) is 0 Å². The van der Waals surface area contributed by atoms with E-state index >= 15 is 0 Å². The van der Waals surface area contributed by atoms with Gasteiger partial charge in [0.05, 0.1) is 6.54 Å². The van der Waals surface area contributed by atoms with E-state index in [-0.39, 0.29) is 17.0 Å². The summed E-state index contributed by atoms with van der Waals surface area (Å²) in [6.07, 6.45) is 5.46. The molecule has 0 spiro atoms. The van der Waals surface area contributed by atoms with Gasteiger partial charge < -0.3 is 0 Å². The van der Waals surface area contributed by atoms with Crippen LogP contribution in [0.15, 0.2) is 36.7 Å². The predicted octanol–water partition coefficient (Wildman–Crippen LogP) is 3.37. The molecule has 0 aliphatic rings. The topological polar surface area (TPSA) is 8.81 Å². The molecule has 0 fully saturated rings. The summed E-state index contributed by atoms with van der Waals surface area (Å²) in [6, 6.07) is 8.63. The summed E-state index contributed by atoms with van der Waals surface area (Å²) in [6.45, 7) is 7.57. The Morgan fingerprint density at radius 3 is 2.35 bits per heavy atom. The van der Waals surface area contributed by atoms with Crippen molar-refractivity contribution >= 4 is 17.0 Å². The molecule has 0 radical (unpaired) electrons. The Morgan fingerprint density at radius 2 is 1.76 bits per heavy atom. The van der Waals surface area contributed by atoms with Crippen LogP contribution in [-0.2, 0) is 6.54 Å². The van der Waals surface area contributed by atoms with Crippen molar-refractivity contribution in [2.45, 2.75) is 33.7 Å². The zero-order valence-corrected chi connectivity index (χ0v) is 12.4. The average Bonchev–Trinajstić information content (AvgIpc) is 2.63. The number of hydrogen-bond donors (Lipinski definition) is 0. The first-order valence-electron chi connectivity index (χ1n) is 5.87. The number of imidazole rings is 1. The fourth-order valence-electron chi connectivity index (χ4n) is 1.96. The lowest BCUT2D eigenvalue weighted by atomic mass is 10.2. The molecule has 1 heterocycles. The van der Waals surface area contributed by atoms with Crippen LogP contribution >= 0.6 is 17.0 Å². The first-order chi connectivity index (χ1) is 7.72. The highest BCUT2D eigenvalue weighted by Crippen LogP contribution is 2.10. The molecule has 2 rings (SSSR count). The van der Waals surface area contributed by atoms with Crippen LogP contribution in [0.3, 0.4) is 0 Å². The molecule has 0 aliphatic heterocycles. The lowest BCUT2D eigenvalue weighted by Crippen LogP contribution is -2.34. The molecular weight excluding hydrogens is 276 g/mol. The minimum Gasteiger partial charge on any atom is -0.234 e. The molecule has 0 amide bonds. The molecule has 0 atom stereocenters. The molecule has 1 aromatic heterocycles. The Labute approximate surface area is 114 Å². The molecule has 0 N–H and O–H groups in total. The van der Waals surface area contributed by atoms with E-state index in [1.807, 2.05) is 0 Å². The van der Waals surface area contributed by atoms with Gasteiger partial charge in [-0.15, -0.1) is 17.0 Å². The van der Waals surface area contributed by atoms with E-state index < -0.39 is 0 Å². The van der Waals surface area contributed by atoms with Crippen LogP contribution < -0.4 is 4.57 Å². The van der Waals surface area contributed by atoms with E-state index in [9.17, 15) is 0 Å². The van der Waals surface area contributed by atoms with Crippen LogP contribution in [0.4, 0.5) is 0 Å². The maximum absolute atomic E-state index is 2.29. The SMILES string of the molecule is Br.CCC[n+]1ccn(-c2ccc(C)cc2)c1C. The molecular formula is C14H20BrN2+. The van der Waals surface area contributed by atoms with Gasteiger partial charge in [-0.1, -0.05) is 24.6 Å². The first kappa shape index (κ1) is 14.0. The molecule has 0 unspecified atom stereocenters. The first-order valence-corrected chi connectivity index (χ1v) is 5.87. The fraction of sp³-hybridized carbons (Fsp3) is 0.357. The number of hydrogen-bond acceptors (Lipinski definition) is 0. The summed E-state index contributed by atoms with van der Waals surface area (Å²) in [5.41, 5.74) is 2.54. The normalized spacial score (nSPS) is 10.1. The van der Waals surface area contributed by atoms with Gasteiger partial charge in [0.25, 0.3) is 5.82 Å². The minimum atomic E-state index is 0. The van der Waals surface area contributed by atoms with Gasteiger partial charge in [-0.3, -0.25) is 0 Å². The van der Waals surface area contributed by atoms with Crippen LogP contribution in [-0.4, -0.2) is 4.57 Å². The van der Waals surface area contributed by atoms with Crippen molar-refractivity contribution in [1.82, 2.24) is 4.57 Å². The number of halogens is 1. The van der Waals surface area contributed by atoms with Gasteiger partial charge in [0.1, 0.15) is 18.1 Å². The Bertz CT molecular complexity index is 471. The van der Waals surface area contributed by atoms with Gasteiger partial charge in [0, 0.05) is 6.92 Å². The zero-order chi connectivity index (χ0) is 11.5. The molecule has 0 bridgehead atoms. The van der Waals surface area contributed by atoms with E-state index in [4.69, 9.17) is 0 Å². The summed E-state index contributed by atoms with van der Waals surface area (Å²) in [5, 5.41) is 0. The summed E-state index contributed by atoms with van der Waals surface area (Å²) < 4.78 is 4.52. The summed E-state index contributed by atoms with van der Waals surface area (Å²) in [4.78, 5) is 0. The zero-order valence-electron chi connectivity index (χ0n) is 10.7. The Morgan fingerprint density at radius 1 is 1.12 bits per heavy atom. The monoisotopic (exact) mass is 295 g/mol. The number of aryl methyl sites for hydroxylation is 2. The van der Waals surface area contributed by atoms with Crippen molar-refractivity contribution in [2.75, 3.05) is 0 Å². The number of aromatic nitrogens is 2. The van der Waals surface area contributed by atoms with Gasteiger partial charge in [-0.05, 0) is 25.5 Å². The molecule has 0 saturated heterocycles. The molecule has 3 heteroatoms. The second-order valence-electron chi connectivity index (χ2n) is 4.24. The second kappa shape index (κ2) is 6.01. The van der Waals surface area contributed by atoms with E-state index in [1.54, 1.807) is 0 Å². The van der Waals surface area contributed by atoms with Crippen molar-refractivity contribution in [2.24, 2.45) is 0 Å². The van der Waals surface area contributed by atoms with Crippen molar-refractivity contribution in [3.63, 3.8) is 0 Å². The fourth-order valence-corrected chi connectivity index (χ4v) is 1.96. The van der Waals surface area contributed by atoms with E-state index in [1.165, 1.54) is 23.5 Å². The summed E-state index contributed by atoms with van der Waals surface area (Å²) >= 11 is 0. The van der Waals surface area contributed by atoms with Crippen molar-refractivity contribution in [3.05, 3.63) is 48.0 Å². The van der Waals surface area contributed by atoms with Gasteiger partial charge in [-0.2, -0.15) is 0 Å². The van der Waals surface area contributed by atoms with E-state index in [0.29, 0.717) is 0 Å². The van der Waals surface area contributed by atoms with Gasteiger partial charge >= 0.3 is 0 Å². The lowest BCUT2D eigenvalue weighted by molar-refractivity contribution is -0.702. The highest BCUT2D eigenvalue weighted by molar-refractivity contribution is 8.93. The standard InChI is InChI=1S/C14H19N2.BrH/c1-4-9-15-10-11-16(13(15)3)14-7-5-12(2)6-8-14;/h5-8,10-11H,4,9H2,1-3H3;1H/q+1;. The van der Waals surface area contributed by atoms with Crippen molar-refractivity contribution in [3.8, 4) is 5.69 Å². The molecule has 2 aromatic rings. The summed E-state index contributed by atoms with van der Waals surface area (Å²) in [5.74, 6) is 1.28. The van der Waals surface area contributed by atoms with E-state index in [2.05, 4.69) is 66.6 Å². The third-order valence-corrected chi connectivity index (χ3v) is 2.94. The maximum Gasteiger partial charge on any atom is 0.258 e. The largest absolute Gasteiger partial charge is 0.258 e. The molecule has 2 nitrogen and oxygen atoms in total. The Balaban J connectivity index is 0.00000144. The molecule has 92 valence electrons. The van der Waals surface area contributed by atoms with Crippen LogP contribution in [0.5, 0.6) is 0 Å². The number of benzene rings is 1. The highest BCUT2D eigenvalue weighted by atomic mass is 79.9. The van der Waals surface area contributed by atoms with Crippen LogP contribution in [0.1, 0.15) is 24.7 Å². The summed E-state index contributed by atoms with van der Waals surface area (Å²) in [7, 11) is 0. The van der Waals surface area contributed by atoms with Crippen molar-refractivity contribution in [1.29, 1.82) is 0 Å². The third kappa shape index (κ3) is 2.97. The molecule has 17 heavy (non-hydrogen) atoms. The van der Waals surface area contributed by atoms with Crippen LogP contribution in [0.25, 0.3) is 5.69 Å². The third-order valence-electron chi connectivity index (χ3n) is 2.94. The lowest BCUT2D eigenvalue weighted by Gasteiger charge is -2.00. The maximum atomic E-state index is 2.29. The molecule has 0 saturated carbocycles. The quantitative estimate of drug-likeness (QED) is 0.768. The number of rotatable bonds is 3. The predicted molar refractivity (Wildman–Crippen MR) is 76.1 cm³/mol. The minimum absolute atomic E-state index is 0. The second-order valence-corrected chi connectivity index (χ2v) is 4.24. The highest BCUT2D eigenvalue weighted by Gasteiger charge is 2.12. The van der Waals surface area contributed by atoms with Crippen molar-refractivity contribution < 1.29 is 4.57 Å². The van der Waals surface area contributed by atoms with Gasteiger partial charge in [-0.25, -0.2) is 9.13 Å². The van der Waals surface area contributed by atoms with Gasteiger partial charge in [0.15, 0.2) is 0 Å². The number of nitrogens with zero attached hydrogens (tertiary/aromatic N) is 2. The Hall–Kier alpha value is -1.09. The average molecular weight is 296 g/mol.